The number of likely N-dealkylation sites (N-methyl/N-ethyl adjacent to an activating group) is 1. The molecule has 106 valence electrons. The number of nitrogens with zero attached hydrogens (tertiary/aromatic N) is 2. The first kappa shape index (κ1) is 14.1. The van der Waals surface area contributed by atoms with Crippen LogP contribution in [-0.4, -0.2) is 47.4 Å². The molecule has 1 aliphatic rings. The number of hydrogen-bond donors (Lipinski definition) is 1. The fourth-order valence-electron chi connectivity index (χ4n) is 2.89. The zero-order valence-electron chi connectivity index (χ0n) is 11.9. The van der Waals surface area contributed by atoms with Gasteiger partial charge in [0.15, 0.2) is 0 Å². The standard InChI is InChI=1S/C14H23N3O2/c1-14(2)10-16(3)13(18)12(6-7-15)17(14)9-11-5-4-8-19-11/h4-5,8,12H,6-7,9-10,15H2,1-3H3. The molecule has 0 aliphatic carbocycles. The largest absolute Gasteiger partial charge is 0.468 e. The average Bonchev–Trinajstić information content (AvgIpc) is 2.83. The first-order valence-electron chi connectivity index (χ1n) is 6.70. The van der Waals surface area contributed by atoms with E-state index < -0.39 is 0 Å². The Kier molecular flexibility index (Phi) is 3.96. The normalized spacial score (nSPS) is 23.9. The highest BCUT2D eigenvalue weighted by Gasteiger charge is 2.43. The molecule has 0 radical (unpaired) electrons. The van der Waals surface area contributed by atoms with E-state index in [1.54, 1.807) is 11.2 Å². The van der Waals surface area contributed by atoms with Crippen molar-refractivity contribution in [2.75, 3.05) is 20.1 Å². The highest BCUT2D eigenvalue weighted by molar-refractivity contribution is 5.82. The fraction of sp³-hybridized carbons (Fsp3) is 0.643. The second-order valence-electron chi connectivity index (χ2n) is 5.81. The Bertz CT molecular complexity index is 428. The molecule has 1 aliphatic heterocycles. The van der Waals surface area contributed by atoms with Crippen molar-refractivity contribution in [2.24, 2.45) is 5.73 Å². The van der Waals surface area contributed by atoms with Crippen LogP contribution in [0.15, 0.2) is 22.8 Å². The molecule has 1 amide bonds. The minimum absolute atomic E-state index is 0.0880. The molecule has 2 heterocycles. The molecule has 5 nitrogen and oxygen atoms in total. The summed E-state index contributed by atoms with van der Waals surface area (Å²) in [7, 11) is 1.86. The third kappa shape index (κ3) is 2.82. The first-order chi connectivity index (χ1) is 8.95. The van der Waals surface area contributed by atoms with E-state index in [2.05, 4.69) is 18.7 Å². The van der Waals surface area contributed by atoms with Crippen LogP contribution in [0.3, 0.4) is 0 Å². The van der Waals surface area contributed by atoms with Crippen molar-refractivity contribution < 1.29 is 9.21 Å². The fourth-order valence-corrected chi connectivity index (χ4v) is 2.89. The number of nitrogens with two attached hydrogens (primary N) is 1. The zero-order valence-corrected chi connectivity index (χ0v) is 11.9. The highest BCUT2D eigenvalue weighted by Crippen LogP contribution is 2.28. The van der Waals surface area contributed by atoms with Crippen LogP contribution < -0.4 is 5.73 Å². The summed E-state index contributed by atoms with van der Waals surface area (Å²) < 4.78 is 5.42. The molecule has 0 saturated carbocycles. The van der Waals surface area contributed by atoms with E-state index in [0.717, 1.165) is 5.76 Å². The van der Waals surface area contributed by atoms with Crippen LogP contribution in [0.25, 0.3) is 0 Å². The zero-order chi connectivity index (χ0) is 14.0. The van der Waals surface area contributed by atoms with Gasteiger partial charge in [0, 0.05) is 19.1 Å². The topological polar surface area (TPSA) is 62.7 Å². The Morgan fingerprint density at radius 2 is 2.26 bits per heavy atom. The summed E-state index contributed by atoms with van der Waals surface area (Å²) in [5, 5.41) is 0. The van der Waals surface area contributed by atoms with Gasteiger partial charge in [-0.15, -0.1) is 0 Å². The van der Waals surface area contributed by atoms with Crippen LogP contribution in [0.2, 0.25) is 0 Å². The Balaban J connectivity index is 2.25. The van der Waals surface area contributed by atoms with Gasteiger partial charge in [0.25, 0.3) is 0 Å². The van der Waals surface area contributed by atoms with Crippen molar-refractivity contribution in [3.05, 3.63) is 24.2 Å². The molecular weight excluding hydrogens is 242 g/mol. The SMILES string of the molecule is CN1CC(C)(C)N(Cc2ccco2)C(CCN)C1=O. The van der Waals surface area contributed by atoms with Crippen LogP contribution in [0.4, 0.5) is 0 Å². The molecule has 1 atom stereocenters. The highest BCUT2D eigenvalue weighted by atomic mass is 16.3. The maximum absolute atomic E-state index is 12.3. The van der Waals surface area contributed by atoms with Gasteiger partial charge >= 0.3 is 0 Å². The number of carbonyl (C=O) groups is 1. The number of piperazine rings is 1. The number of amides is 1. The quantitative estimate of drug-likeness (QED) is 0.884. The molecule has 19 heavy (non-hydrogen) atoms. The van der Waals surface area contributed by atoms with Gasteiger partial charge in [-0.3, -0.25) is 9.69 Å². The number of rotatable bonds is 4. The molecule has 5 heteroatoms. The van der Waals surface area contributed by atoms with Crippen molar-refractivity contribution >= 4 is 5.91 Å². The van der Waals surface area contributed by atoms with E-state index in [1.807, 2.05) is 19.2 Å². The molecule has 1 aromatic heterocycles. The van der Waals surface area contributed by atoms with Gasteiger partial charge in [0.05, 0.1) is 18.8 Å². The van der Waals surface area contributed by atoms with Crippen molar-refractivity contribution in [3.8, 4) is 0 Å². The molecule has 1 fully saturated rings. The number of hydrogen-bond acceptors (Lipinski definition) is 4. The predicted molar refractivity (Wildman–Crippen MR) is 73.4 cm³/mol. The first-order valence-corrected chi connectivity index (χ1v) is 6.70. The Labute approximate surface area is 114 Å². The van der Waals surface area contributed by atoms with E-state index in [4.69, 9.17) is 10.2 Å². The van der Waals surface area contributed by atoms with Crippen molar-refractivity contribution in [2.45, 2.75) is 38.4 Å². The molecule has 0 bridgehead atoms. The summed E-state index contributed by atoms with van der Waals surface area (Å²) in [4.78, 5) is 16.4. The third-order valence-electron chi connectivity index (χ3n) is 3.79. The minimum Gasteiger partial charge on any atom is -0.468 e. The Morgan fingerprint density at radius 1 is 1.53 bits per heavy atom. The summed E-state index contributed by atoms with van der Waals surface area (Å²) in [6, 6.07) is 3.65. The van der Waals surface area contributed by atoms with Crippen LogP contribution >= 0.6 is 0 Å². The number of furan rings is 1. The Hall–Kier alpha value is -1.33. The van der Waals surface area contributed by atoms with Crippen LogP contribution in [-0.2, 0) is 11.3 Å². The lowest BCUT2D eigenvalue weighted by Gasteiger charge is -2.50. The van der Waals surface area contributed by atoms with E-state index in [9.17, 15) is 4.79 Å². The number of carbonyl (C=O) groups excluding carboxylic acids is 1. The lowest BCUT2D eigenvalue weighted by Crippen LogP contribution is -2.65. The summed E-state index contributed by atoms with van der Waals surface area (Å²) in [5.41, 5.74) is 5.58. The second kappa shape index (κ2) is 5.35. The molecule has 1 aromatic rings. The van der Waals surface area contributed by atoms with Crippen molar-refractivity contribution in [1.82, 2.24) is 9.80 Å². The summed E-state index contributed by atoms with van der Waals surface area (Å²) in [6.07, 6.45) is 2.34. The molecule has 0 spiro atoms. The van der Waals surface area contributed by atoms with E-state index >= 15 is 0 Å². The lowest BCUT2D eigenvalue weighted by molar-refractivity contribution is -0.149. The van der Waals surface area contributed by atoms with E-state index in [1.165, 1.54) is 0 Å². The van der Waals surface area contributed by atoms with Gasteiger partial charge in [0.2, 0.25) is 5.91 Å². The molecular formula is C14H23N3O2. The molecule has 2 N–H and O–H groups in total. The van der Waals surface area contributed by atoms with Gasteiger partial charge in [-0.05, 0) is 38.9 Å². The summed E-state index contributed by atoms with van der Waals surface area (Å²) in [6.45, 7) is 6.18. The maximum Gasteiger partial charge on any atom is 0.239 e. The van der Waals surface area contributed by atoms with Crippen molar-refractivity contribution in [1.29, 1.82) is 0 Å². The Morgan fingerprint density at radius 3 is 2.84 bits per heavy atom. The second-order valence-corrected chi connectivity index (χ2v) is 5.81. The van der Waals surface area contributed by atoms with Gasteiger partial charge in [-0.1, -0.05) is 0 Å². The van der Waals surface area contributed by atoms with Crippen molar-refractivity contribution in [3.63, 3.8) is 0 Å². The van der Waals surface area contributed by atoms with Gasteiger partial charge in [-0.25, -0.2) is 0 Å². The van der Waals surface area contributed by atoms with Crippen LogP contribution in [0.5, 0.6) is 0 Å². The minimum atomic E-state index is -0.163. The average molecular weight is 265 g/mol. The monoisotopic (exact) mass is 265 g/mol. The van der Waals surface area contributed by atoms with Crippen LogP contribution in [0, 0.1) is 0 Å². The summed E-state index contributed by atoms with van der Waals surface area (Å²) in [5.74, 6) is 1.03. The maximum atomic E-state index is 12.3. The molecule has 2 rings (SSSR count). The third-order valence-corrected chi connectivity index (χ3v) is 3.79. The smallest absolute Gasteiger partial charge is 0.239 e. The molecule has 1 saturated heterocycles. The lowest BCUT2D eigenvalue weighted by atomic mass is 9.93. The van der Waals surface area contributed by atoms with E-state index in [0.29, 0.717) is 26.1 Å². The molecule has 0 aromatic carbocycles. The predicted octanol–water partition coefficient (Wildman–Crippen LogP) is 1.05. The van der Waals surface area contributed by atoms with Gasteiger partial charge in [0.1, 0.15) is 5.76 Å². The summed E-state index contributed by atoms with van der Waals surface area (Å²) >= 11 is 0. The van der Waals surface area contributed by atoms with Gasteiger partial charge in [-0.2, -0.15) is 0 Å². The van der Waals surface area contributed by atoms with Crippen LogP contribution in [0.1, 0.15) is 26.0 Å². The van der Waals surface area contributed by atoms with Gasteiger partial charge < -0.3 is 15.1 Å². The van der Waals surface area contributed by atoms with E-state index in [-0.39, 0.29) is 17.5 Å². The molecule has 1 unspecified atom stereocenters.